The number of fused-ring (bicyclic) bond motifs is 1. The molecule has 3 aromatic heterocycles. The lowest BCUT2D eigenvalue weighted by atomic mass is 9.98. The first-order chi connectivity index (χ1) is 11.7. The zero-order valence-corrected chi connectivity index (χ0v) is 13.6. The van der Waals surface area contributed by atoms with E-state index < -0.39 is 0 Å². The van der Waals surface area contributed by atoms with Gasteiger partial charge in [0.05, 0.1) is 5.92 Å². The average Bonchev–Trinajstić information content (AvgIpc) is 3.27. The third-order valence-electron chi connectivity index (χ3n) is 4.46. The van der Waals surface area contributed by atoms with Crippen molar-refractivity contribution in [3.05, 3.63) is 36.5 Å². The van der Waals surface area contributed by atoms with Gasteiger partial charge in [0, 0.05) is 31.9 Å². The van der Waals surface area contributed by atoms with Gasteiger partial charge < -0.3 is 13.8 Å². The zero-order valence-electron chi connectivity index (χ0n) is 13.6. The van der Waals surface area contributed by atoms with Gasteiger partial charge in [-0.1, -0.05) is 18.1 Å². The molecule has 1 aliphatic rings. The zero-order chi connectivity index (χ0) is 16.5. The lowest BCUT2D eigenvalue weighted by Crippen LogP contribution is -2.38. The lowest BCUT2D eigenvalue weighted by Gasteiger charge is -2.30. The van der Waals surface area contributed by atoms with Crippen LogP contribution >= 0.6 is 0 Å². The summed E-state index contributed by atoms with van der Waals surface area (Å²) in [5, 5.41) is 4.08. The van der Waals surface area contributed by atoms with Crippen LogP contribution in [0.5, 0.6) is 0 Å². The SMILES string of the molecule is CCC(=O)N1CCC[C@H](c2nc(-c3cn4ccccc4n3)no2)C1. The first-order valence-corrected chi connectivity index (χ1v) is 8.30. The standard InChI is InChI=1S/C17H19N5O2/c1-2-15(23)22-9-5-6-12(10-22)17-19-16(20-24-17)13-11-21-8-4-3-7-14(21)18-13/h3-4,7-8,11-12H,2,5-6,9-10H2,1H3/t12-/m0/s1. The molecule has 0 spiro atoms. The number of hydrogen-bond acceptors (Lipinski definition) is 5. The van der Waals surface area contributed by atoms with E-state index in [-0.39, 0.29) is 11.8 Å². The highest BCUT2D eigenvalue weighted by molar-refractivity contribution is 5.76. The van der Waals surface area contributed by atoms with Gasteiger partial charge in [0.25, 0.3) is 0 Å². The van der Waals surface area contributed by atoms with Gasteiger partial charge in [0.15, 0.2) is 0 Å². The smallest absolute Gasteiger partial charge is 0.231 e. The molecule has 0 unspecified atom stereocenters. The fourth-order valence-corrected chi connectivity index (χ4v) is 3.18. The maximum Gasteiger partial charge on any atom is 0.231 e. The highest BCUT2D eigenvalue weighted by Gasteiger charge is 2.28. The molecule has 0 aromatic carbocycles. The van der Waals surface area contributed by atoms with Crippen molar-refractivity contribution in [1.29, 1.82) is 0 Å². The number of rotatable bonds is 3. The minimum absolute atomic E-state index is 0.104. The minimum Gasteiger partial charge on any atom is -0.342 e. The molecular weight excluding hydrogens is 306 g/mol. The number of pyridine rings is 1. The van der Waals surface area contributed by atoms with Crippen molar-refractivity contribution in [2.75, 3.05) is 13.1 Å². The number of piperidine rings is 1. The van der Waals surface area contributed by atoms with Crippen LogP contribution in [-0.2, 0) is 4.79 Å². The third kappa shape index (κ3) is 2.66. The molecule has 124 valence electrons. The van der Waals surface area contributed by atoms with E-state index >= 15 is 0 Å². The predicted octanol–water partition coefficient (Wildman–Crippen LogP) is 2.50. The van der Waals surface area contributed by atoms with Crippen LogP contribution in [0.4, 0.5) is 0 Å². The Hall–Kier alpha value is -2.70. The van der Waals surface area contributed by atoms with Crippen LogP contribution in [0.2, 0.25) is 0 Å². The first-order valence-electron chi connectivity index (χ1n) is 8.30. The molecule has 1 saturated heterocycles. The fraction of sp³-hybridized carbons (Fsp3) is 0.412. The monoisotopic (exact) mass is 325 g/mol. The van der Waals surface area contributed by atoms with Crippen LogP contribution in [0.1, 0.15) is 38.0 Å². The molecule has 0 aliphatic carbocycles. The summed E-state index contributed by atoms with van der Waals surface area (Å²) < 4.78 is 7.39. The maximum atomic E-state index is 11.9. The molecule has 1 fully saturated rings. The Labute approximate surface area is 139 Å². The molecule has 7 nitrogen and oxygen atoms in total. The number of hydrogen-bond donors (Lipinski definition) is 0. The highest BCUT2D eigenvalue weighted by atomic mass is 16.5. The summed E-state index contributed by atoms with van der Waals surface area (Å²) in [6, 6.07) is 5.82. The van der Waals surface area contributed by atoms with Crippen molar-refractivity contribution in [3.63, 3.8) is 0 Å². The molecule has 4 heterocycles. The average molecular weight is 325 g/mol. The minimum atomic E-state index is 0.104. The molecule has 24 heavy (non-hydrogen) atoms. The summed E-state index contributed by atoms with van der Waals surface area (Å²) in [7, 11) is 0. The predicted molar refractivity (Wildman–Crippen MR) is 87.3 cm³/mol. The van der Waals surface area contributed by atoms with Crippen LogP contribution in [0, 0.1) is 0 Å². The van der Waals surface area contributed by atoms with Crippen molar-refractivity contribution in [2.24, 2.45) is 0 Å². The highest BCUT2D eigenvalue weighted by Crippen LogP contribution is 2.27. The summed E-state index contributed by atoms with van der Waals surface area (Å²) in [6.45, 7) is 3.36. The van der Waals surface area contributed by atoms with Gasteiger partial charge in [-0.2, -0.15) is 4.98 Å². The number of imidazole rings is 1. The number of amides is 1. The summed E-state index contributed by atoms with van der Waals surface area (Å²) in [4.78, 5) is 22.8. The van der Waals surface area contributed by atoms with E-state index in [1.54, 1.807) is 0 Å². The number of aromatic nitrogens is 4. The summed E-state index contributed by atoms with van der Waals surface area (Å²) in [6.07, 6.45) is 6.27. The third-order valence-corrected chi connectivity index (χ3v) is 4.46. The van der Waals surface area contributed by atoms with Crippen molar-refractivity contribution in [3.8, 4) is 11.5 Å². The molecule has 1 atom stereocenters. The number of carbonyl (C=O) groups is 1. The summed E-state index contributed by atoms with van der Waals surface area (Å²) in [5.41, 5.74) is 1.53. The molecular formula is C17H19N5O2. The Kier molecular flexibility index (Phi) is 3.76. The van der Waals surface area contributed by atoms with Gasteiger partial charge in [0.1, 0.15) is 11.3 Å². The van der Waals surface area contributed by atoms with Gasteiger partial charge in [-0.15, -0.1) is 0 Å². The van der Waals surface area contributed by atoms with E-state index in [4.69, 9.17) is 4.52 Å². The molecule has 0 saturated carbocycles. The fourth-order valence-electron chi connectivity index (χ4n) is 3.18. The number of likely N-dealkylation sites (tertiary alicyclic amines) is 1. The lowest BCUT2D eigenvalue weighted by molar-refractivity contribution is -0.132. The maximum absolute atomic E-state index is 11.9. The van der Waals surface area contributed by atoms with Gasteiger partial charge in [-0.3, -0.25) is 4.79 Å². The normalized spacial score (nSPS) is 18.2. The van der Waals surface area contributed by atoms with Gasteiger partial charge in [0.2, 0.25) is 17.6 Å². The van der Waals surface area contributed by atoms with Crippen LogP contribution in [-0.4, -0.2) is 43.4 Å². The number of carbonyl (C=O) groups excluding carboxylic acids is 1. The molecule has 3 aromatic rings. The Morgan fingerprint density at radius 3 is 3.12 bits per heavy atom. The van der Waals surface area contributed by atoms with Crippen molar-refractivity contribution < 1.29 is 9.32 Å². The van der Waals surface area contributed by atoms with Crippen LogP contribution in [0.3, 0.4) is 0 Å². The van der Waals surface area contributed by atoms with E-state index in [0.717, 1.165) is 25.0 Å². The van der Waals surface area contributed by atoms with Crippen LogP contribution in [0.25, 0.3) is 17.2 Å². The molecule has 0 radical (unpaired) electrons. The second-order valence-electron chi connectivity index (χ2n) is 6.08. The van der Waals surface area contributed by atoms with E-state index in [2.05, 4.69) is 15.1 Å². The van der Waals surface area contributed by atoms with E-state index in [1.807, 2.05) is 46.8 Å². The van der Waals surface area contributed by atoms with Crippen molar-refractivity contribution >= 4 is 11.6 Å². The van der Waals surface area contributed by atoms with E-state index in [0.29, 0.717) is 30.4 Å². The van der Waals surface area contributed by atoms with E-state index in [9.17, 15) is 4.79 Å². The molecule has 7 heteroatoms. The Morgan fingerprint density at radius 1 is 1.38 bits per heavy atom. The summed E-state index contributed by atoms with van der Waals surface area (Å²) >= 11 is 0. The van der Waals surface area contributed by atoms with Crippen molar-refractivity contribution in [2.45, 2.75) is 32.1 Å². The van der Waals surface area contributed by atoms with Gasteiger partial charge in [-0.25, -0.2) is 4.98 Å². The topological polar surface area (TPSA) is 76.5 Å². The van der Waals surface area contributed by atoms with Gasteiger partial charge in [-0.05, 0) is 25.0 Å². The summed E-state index contributed by atoms with van der Waals surface area (Å²) in [5.74, 6) is 1.37. The number of nitrogens with zero attached hydrogens (tertiary/aromatic N) is 5. The molecule has 1 amide bonds. The molecule has 4 rings (SSSR count). The first kappa shape index (κ1) is 14.9. The van der Waals surface area contributed by atoms with Crippen molar-refractivity contribution in [1.82, 2.24) is 24.4 Å². The van der Waals surface area contributed by atoms with Crippen LogP contribution in [0.15, 0.2) is 35.1 Å². The van der Waals surface area contributed by atoms with Gasteiger partial charge >= 0.3 is 0 Å². The largest absolute Gasteiger partial charge is 0.342 e. The Bertz CT molecular complexity index is 836. The molecule has 0 N–H and O–H groups in total. The Balaban J connectivity index is 1.57. The quantitative estimate of drug-likeness (QED) is 0.739. The van der Waals surface area contributed by atoms with Crippen LogP contribution < -0.4 is 0 Å². The van der Waals surface area contributed by atoms with E-state index in [1.165, 1.54) is 0 Å². The molecule has 1 aliphatic heterocycles. The Morgan fingerprint density at radius 2 is 2.29 bits per heavy atom. The molecule has 0 bridgehead atoms. The second-order valence-corrected chi connectivity index (χ2v) is 6.08. The second kappa shape index (κ2) is 6.07.